The van der Waals surface area contributed by atoms with Gasteiger partial charge in [0.1, 0.15) is 18.2 Å². The van der Waals surface area contributed by atoms with E-state index in [1.165, 1.54) is 18.2 Å². The Hall–Kier alpha value is -4.64. The van der Waals surface area contributed by atoms with Gasteiger partial charge in [0.05, 0.1) is 11.5 Å². The molecule has 8 nitrogen and oxygen atoms in total. The van der Waals surface area contributed by atoms with E-state index < -0.39 is 10.8 Å². The molecule has 0 atom stereocenters. The van der Waals surface area contributed by atoms with Crippen molar-refractivity contribution in [1.29, 1.82) is 5.26 Å². The van der Waals surface area contributed by atoms with Crippen LogP contribution in [0, 0.1) is 21.4 Å². The lowest BCUT2D eigenvalue weighted by molar-refractivity contribution is -0.384. The van der Waals surface area contributed by atoms with Crippen molar-refractivity contribution < 1.29 is 19.2 Å². The Morgan fingerprint density at radius 1 is 1.03 bits per heavy atom. The summed E-state index contributed by atoms with van der Waals surface area (Å²) in [5.41, 5.74) is 2.11. The predicted octanol–water partition coefficient (Wildman–Crippen LogP) is 4.80. The van der Waals surface area contributed by atoms with Crippen LogP contribution in [0.2, 0.25) is 0 Å². The predicted molar refractivity (Wildman–Crippen MR) is 127 cm³/mol. The highest BCUT2D eigenvalue weighted by Crippen LogP contribution is 2.30. The molecule has 0 unspecified atom stereocenters. The summed E-state index contributed by atoms with van der Waals surface area (Å²) in [6.45, 7) is 2.63. The zero-order chi connectivity index (χ0) is 24.3. The quantitative estimate of drug-likeness (QED) is 0.202. The van der Waals surface area contributed by atoms with E-state index in [4.69, 9.17) is 9.47 Å². The van der Waals surface area contributed by atoms with Crippen LogP contribution in [0.4, 0.5) is 5.69 Å². The summed E-state index contributed by atoms with van der Waals surface area (Å²) in [6.07, 6.45) is 1.48. The van der Waals surface area contributed by atoms with Crippen molar-refractivity contribution in [2.75, 3.05) is 6.61 Å². The van der Waals surface area contributed by atoms with Gasteiger partial charge in [0.15, 0.2) is 11.5 Å². The van der Waals surface area contributed by atoms with E-state index in [0.29, 0.717) is 35.8 Å². The SMILES string of the molecule is CCOc1cc(/C=C(/C#N)C(=O)NCc2ccccc2)ccc1OCc1cccc([N+](=O)[O-])c1. The molecule has 34 heavy (non-hydrogen) atoms. The van der Waals surface area contributed by atoms with Crippen LogP contribution in [0.1, 0.15) is 23.6 Å². The van der Waals surface area contributed by atoms with Crippen LogP contribution < -0.4 is 14.8 Å². The molecule has 0 aliphatic carbocycles. The number of carbonyl (C=O) groups excluding carboxylic acids is 1. The molecule has 1 N–H and O–H groups in total. The summed E-state index contributed by atoms with van der Waals surface area (Å²) in [7, 11) is 0. The number of nitro benzene ring substituents is 1. The molecule has 0 radical (unpaired) electrons. The van der Waals surface area contributed by atoms with Crippen LogP contribution in [0.3, 0.4) is 0 Å². The van der Waals surface area contributed by atoms with Crippen molar-refractivity contribution in [3.8, 4) is 17.6 Å². The fraction of sp³-hybridized carbons (Fsp3) is 0.154. The molecule has 1 amide bonds. The summed E-state index contributed by atoms with van der Waals surface area (Å²) >= 11 is 0. The molecule has 0 saturated carbocycles. The van der Waals surface area contributed by atoms with Gasteiger partial charge in [-0.3, -0.25) is 14.9 Å². The summed E-state index contributed by atoms with van der Waals surface area (Å²) in [5, 5.41) is 23.2. The Balaban J connectivity index is 1.73. The number of nitrogens with one attached hydrogen (secondary N) is 1. The second-order valence-electron chi connectivity index (χ2n) is 7.19. The standard InChI is InChI=1S/C26H23N3O5/c1-2-33-25-15-20(13-22(16-27)26(30)28-17-19-7-4-3-5-8-19)11-12-24(25)34-18-21-9-6-10-23(14-21)29(31)32/h3-15H,2,17-18H2,1H3,(H,28,30)/b22-13-. The van der Waals surface area contributed by atoms with Gasteiger partial charge in [-0.2, -0.15) is 5.26 Å². The van der Waals surface area contributed by atoms with Gasteiger partial charge in [0.2, 0.25) is 0 Å². The molecular formula is C26H23N3O5. The lowest BCUT2D eigenvalue weighted by atomic mass is 10.1. The van der Waals surface area contributed by atoms with Gasteiger partial charge in [-0.15, -0.1) is 0 Å². The van der Waals surface area contributed by atoms with Crippen LogP contribution >= 0.6 is 0 Å². The van der Waals surface area contributed by atoms with E-state index in [1.54, 1.807) is 30.3 Å². The zero-order valence-electron chi connectivity index (χ0n) is 18.6. The van der Waals surface area contributed by atoms with Crippen molar-refractivity contribution in [2.24, 2.45) is 0 Å². The first kappa shape index (κ1) is 24.0. The number of benzene rings is 3. The number of nitro groups is 1. The largest absolute Gasteiger partial charge is 0.490 e. The summed E-state index contributed by atoms with van der Waals surface area (Å²) in [6, 6.07) is 22.6. The van der Waals surface area contributed by atoms with Gasteiger partial charge in [0, 0.05) is 18.7 Å². The van der Waals surface area contributed by atoms with Gasteiger partial charge < -0.3 is 14.8 Å². The third-order valence-electron chi connectivity index (χ3n) is 4.76. The smallest absolute Gasteiger partial charge is 0.269 e. The van der Waals surface area contributed by atoms with Gasteiger partial charge in [-0.05, 0) is 41.8 Å². The number of hydrogen-bond acceptors (Lipinski definition) is 6. The van der Waals surface area contributed by atoms with E-state index in [-0.39, 0.29) is 17.9 Å². The first-order valence-electron chi connectivity index (χ1n) is 10.6. The molecule has 0 aliphatic rings. The normalized spacial score (nSPS) is 10.8. The number of nitriles is 1. The number of nitrogens with zero attached hydrogens (tertiary/aromatic N) is 2. The summed E-state index contributed by atoms with van der Waals surface area (Å²) in [5.74, 6) is 0.400. The molecular weight excluding hydrogens is 434 g/mol. The summed E-state index contributed by atoms with van der Waals surface area (Å²) in [4.78, 5) is 23.0. The van der Waals surface area contributed by atoms with Gasteiger partial charge in [-0.25, -0.2) is 0 Å². The maximum Gasteiger partial charge on any atom is 0.269 e. The van der Waals surface area contributed by atoms with E-state index in [1.807, 2.05) is 43.3 Å². The Labute approximate surface area is 197 Å². The van der Waals surface area contributed by atoms with Crippen LogP contribution in [-0.2, 0) is 17.9 Å². The third-order valence-corrected chi connectivity index (χ3v) is 4.76. The van der Waals surface area contributed by atoms with Crippen molar-refractivity contribution in [2.45, 2.75) is 20.1 Å². The highest BCUT2D eigenvalue weighted by molar-refractivity contribution is 6.01. The minimum absolute atomic E-state index is 0.0128. The minimum Gasteiger partial charge on any atom is -0.490 e. The molecule has 0 heterocycles. The van der Waals surface area contributed by atoms with Gasteiger partial charge in [0.25, 0.3) is 11.6 Å². The van der Waals surface area contributed by atoms with E-state index >= 15 is 0 Å². The number of ether oxygens (including phenoxy) is 2. The second-order valence-corrected chi connectivity index (χ2v) is 7.19. The Morgan fingerprint density at radius 3 is 2.50 bits per heavy atom. The summed E-state index contributed by atoms with van der Waals surface area (Å²) < 4.78 is 11.5. The number of non-ortho nitro benzene ring substituents is 1. The topological polar surface area (TPSA) is 114 Å². The monoisotopic (exact) mass is 457 g/mol. The maximum absolute atomic E-state index is 12.5. The highest BCUT2D eigenvalue weighted by atomic mass is 16.6. The van der Waals surface area contributed by atoms with Gasteiger partial charge >= 0.3 is 0 Å². The highest BCUT2D eigenvalue weighted by Gasteiger charge is 2.12. The maximum atomic E-state index is 12.5. The molecule has 3 rings (SSSR count). The molecule has 3 aromatic rings. The van der Waals surface area contributed by atoms with Crippen molar-refractivity contribution in [3.05, 3.63) is 105 Å². The number of carbonyl (C=O) groups is 1. The number of hydrogen-bond donors (Lipinski definition) is 1. The van der Waals surface area contributed by atoms with Crippen LogP contribution in [0.25, 0.3) is 6.08 Å². The molecule has 0 aromatic heterocycles. The molecule has 0 fully saturated rings. The third kappa shape index (κ3) is 6.68. The average molecular weight is 457 g/mol. The van der Waals surface area contributed by atoms with Crippen molar-refractivity contribution in [3.63, 3.8) is 0 Å². The molecule has 0 bridgehead atoms. The first-order chi connectivity index (χ1) is 16.5. The number of rotatable bonds is 10. The van der Waals surface area contributed by atoms with Crippen LogP contribution in [0.15, 0.2) is 78.4 Å². The second kappa shape index (κ2) is 11.8. The Morgan fingerprint density at radius 2 is 1.79 bits per heavy atom. The molecule has 3 aromatic carbocycles. The molecule has 172 valence electrons. The fourth-order valence-corrected chi connectivity index (χ4v) is 3.11. The molecule has 8 heteroatoms. The van der Waals surface area contributed by atoms with E-state index in [2.05, 4.69) is 5.32 Å². The van der Waals surface area contributed by atoms with E-state index in [9.17, 15) is 20.2 Å². The van der Waals surface area contributed by atoms with Crippen LogP contribution in [0.5, 0.6) is 11.5 Å². The van der Waals surface area contributed by atoms with Gasteiger partial charge in [-0.1, -0.05) is 48.5 Å². The molecule has 0 saturated heterocycles. The fourth-order valence-electron chi connectivity index (χ4n) is 3.11. The first-order valence-corrected chi connectivity index (χ1v) is 10.6. The molecule has 0 spiro atoms. The van der Waals surface area contributed by atoms with Crippen molar-refractivity contribution >= 4 is 17.7 Å². The minimum atomic E-state index is -0.477. The average Bonchev–Trinajstić information content (AvgIpc) is 2.86. The zero-order valence-corrected chi connectivity index (χ0v) is 18.6. The lowest BCUT2D eigenvalue weighted by Crippen LogP contribution is -2.23. The number of amides is 1. The Kier molecular flexibility index (Phi) is 8.36. The van der Waals surface area contributed by atoms with Crippen molar-refractivity contribution in [1.82, 2.24) is 5.32 Å². The lowest BCUT2D eigenvalue weighted by Gasteiger charge is -2.13. The van der Waals surface area contributed by atoms with E-state index in [0.717, 1.165) is 5.56 Å². The van der Waals surface area contributed by atoms with Crippen LogP contribution in [-0.4, -0.2) is 17.4 Å². The Bertz CT molecular complexity index is 1230. The molecule has 0 aliphatic heterocycles.